The van der Waals surface area contributed by atoms with Crippen LogP contribution < -0.4 is 17.2 Å². The maximum absolute atomic E-state index is 8.36. The molecule has 2 aromatic heterocycles. The van der Waals surface area contributed by atoms with Crippen LogP contribution in [0.2, 0.25) is 10.0 Å². The summed E-state index contributed by atoms with van der Waals surface area (Å²) in [5, 5.41) is 9.14. The van der Waals surface area contributed by atoms with Gasteiger partial charge in [-0.3, -0.25) is 0 Å². The van der Waals surface area contributed by atoms with E-state index in [0.29, 0.717) is 28.0 Å². The highest BCUT2D eigenvalue weighted by Crippen LogP contribution is 2.16. The predicted molar refractivity (Wildman–Crippen MR) is 79.9 cm³/mol. The topological polar surface area (TPSA) is 128 Å². The Hall–Kier alpha value is -2.07. The zero-order chi connectivity index (χ0) is 15.1. The average Bonchev–Trinajstić information content (AvgIpc) is 2.45. The average molecular weight is 311 g/mol. The Labute approximate surface area is 126 Å². The second-order valence-electron chi connectivity index (χ2n) is 3.62. The van der Waals surface area contributed by atoms with Crippen molar-refractivity contribution in [2.75, 3.05) is 11.5 Å². The fourth-order valence-electron chi connectivity index (χ4n) is 1.11. The van der Waals surface area contributed by atoms with Crippen molar-refractivity contribution in [2.45, 2.75) is 6.54 Å². The molecule has 0 atom stereocenters. The Morgan fingerprint density at radius 2 is 1.60 bits per heavy atom. The van der Waals surface area contributed by atoms with Gasteiger partial charge in [-0.15, -0.1) is 0 Å². The van der Waals surface area contributed by atoms with Crippen LogP contribution in [0.15, 0.2) is 24.5 Å². The maximum Gasteiger partial charge on any atom is 0.142 e. The molecule has 20 heavy (non-hydrogen) atoms. The Morgan fingerprint density at radius 1 is 1.05 bits per heavy atom. The third kappa shape index (κ3) is 4.55. The molecule has 0 bridgehead atoms. The molecule has 0 aliphatic carbocycles. The molecule has 0 aliphatic rings. The highest BCUT2D eigenvalue weighted by Gasteiger charge is 1.97. The molecule has 0 saturated heterocycles. The lowest BCUT2D eigenvalue weighted by Gasteiger charge is -1.98. The van der Waals surface area contributed by atoms with Crippen LogP contribution in [0.5, 0.6) is 0 Å². The van der Waals surface area contributed by atoms with Crippen LogP contribution in [0.4, 0.5) is 11.6 Å². The number of hydrogen-bond donors (Lipinski definition) is 3. The van der Waals surface area contributed by atoms with E-state index in [1.54, 1.807) is 12.3 Å². The minimum atomic E-state index is 0.251. The van der Waals surface area contributed by atoms with Crippen molar-refractivity contribution in [3.63, 3.8) is 0 Å². The first-order valence-corrected chi connectivity index (χ1v) is 6.14. The van der Waals surface area contributed by atoms with Crippen LogP contribution in [0.1, 0.15) is 11.1 Å². The summed E-state index contributed by atoms with van der Waals surface area (Å²) in [6.45, 7) is 0.438. The largest absolute Gasteiger partial charge is 0.382 e. The van der Waals surface area contributed by atoms with Crippen molar-refractivity contribution in [1.82, 2.24) is 9.97 Å². The van der Waals surface area contributed by atoms with Crippen molar-refractivity contribution in [1.29, 1.82) is 5.26 Å². The SMILES string of the molecule is N#Cc1cnc(N)c(Cl)c1.NCc1cnc(N)c(Cl)c1. The quantitative estimate of drug-likeness (QED) is 0.738. The van der Waals surface area contributed by atoms with Gasteiger partial charge in [-0.1, -0.05) is 23.2 Å². The lowest BCUT2D eigenvalue weighted by Crippen LogP contribution is -1.99. The van der Waals surface area contributed by atoms with Crippen molar-refractivity contribution >= 4 is 34.8 Å². The summed E-state index contributed by atoms with van der Waals surface area (Å²) in [5.74, 6) is 0.597. The fraction of sp³-hybridized carbons (Fsp3) is 0.0833. The predicted octanol–water partition coefficient (Wildman–Crippen LogP) is 1.96. The zero-order valence-corrected chi connectivity index (χ0v) is 11.9. The molecule has 0 aromatic carbocycles. The number of hydrogen-bond acceptors (Lipinski definition) is 6. The Morgan fingerprint density at radius 3 is 2.05 bits per heavy atom. The summed E-state index contributed by atoms with van der Waals surface area (Å²) in [6.07, 6.45) is 2.99. The smallest absolute Gasteiger partial charge is 0.142 e. The summed E-state index contributed by atoms with van der Waals surface area (Å²) in [7, 11) is 0. The summed E-state index contributed by atoms with van der Waals surface area (Å²) >= 11 is 11.2. The van der Waals surface area contributed by atoms with E-state index < -0.39 is 0 Å². The third-order valence-electron chi connectivity index (χ3n) is 2.16. The maximum atomic E-state index is 8.36. The Balaban J connectivity index is 0.000000200. The normalized spacial score (nSPS) is 9.30. The van der Waals surface area contributed by atoms with Crippen LogP contribution in [0.3, 0.4) is 0 Å². The summed E-state index contributed by atoms with van der Waals surface area (Å²) in [5.41, 5.74) is 17.3. The van der Waals surface area contributed by atoms with Gasteiger partial charge in [0.1, 0.15) is 17.7 Å². The van der Waals surface area contributed by atoms with E-state index in [1.807, 2.05) is 6.07 Å². The number of halogens is 2. The minimum Gasteiger partial charge on any atom is -0.382 e. The van der Waals surface area contributed by atoms with E-state index >= 15 is 0 Å². The third-order valence-corrected chi connectivity index (χ3v) is 2.77. The van der Waals surface area contributed by atoms with Gasteiger partial charge in [0.2, 0.25) is 0 Å². The van der Waals surface area contributed by atoms with Gasteiger partial charge < -0.3 is 17.2 Å². The van der Waals surface area contributed by atoms with Crippen molar-refractivity contribution in [3.8, 4) is 6.07 Å². The number of nitrogen functional groups attached to an aromatic ring is 2. The van der Waals surface area contributed by atoms with E-state index in [9.17, 15) is 0 Å². The molecule has 104 valence electrons. The van der Waals surface area contributed by atoms with Crippen LogP contribution in [0, 0.1) is 11.3 Å². The number of nitriles is 1. The molecular weight excluding hydrogens is 299 g/mol. The molecule has 2 heterocycles. The van der Waals surface area contributed by atoms with E-state index in [2.05, 4.69) is 9.97 Å². The molecule has 8 heteroatoms. The van der Waals surface area contributed by atoms with Gasteiger partial charge in [-0.25, -0.2) is 9.97 Å². The number of aromatic nitrogens is 2. The number of pyridine rings is 2. The molecule has 0 radical (unpaired) electrons. The first-order chi connectivity index (χ1) is 9.47. The van der Waals surface area contributed by atoms with Gasteiger partial charge in [0.15, 0.2) is 0 Å². The van der Waals surface area contributed by atoms with Gasteiger partial charge in [0.25, 0.3) is 0 Å². The van der Waals surface area contributed by atoms with Crippen molar-refractivity contribution < 1.29 is 0 Å². The molecule has 0 spiro atoms. The van der Waals surface area contributed by atoms with E-state index in [-0.39, 0.29) is 5.82 Å². The first kappa shape index (κ1) is 16.0. The molecule has 2 aromatic rings. The molecule has 0 amide bonds. The minimum absolute atomic E-state index is 0.251. The lowest BCUT2D eigenvalue weighted by atomic mass is 10.3. The Bertz CT molecular complexity index is 638. The Kier molecular flexibility index (Phi) is 6.00. The first-order valence-electron chi connectivity index (χ1n) is 5.39. The van der Waals surface area contributed by atoms with Gasteiger partial charge in [-0.2, -0.15) is 5.26 Å². The van der Waals surface area contributed by atoms with Crippen molar-refractivity contribution in [2.24, 2.45) is 5.73 Å². The second kappa shape index (κ2) is 7.50. The second-order valence-corrected chi connectivity index (χ2v) is 4.43. The summed E-state index contributed by atoms with van der Waals surface area (Å²) in [6, 6.07) is 5.08. The van der Waals surface area contributed by atoms with Gasteiger partial charge in [0.05, 0.1) is 15.6 Å². The van der Waals surface area contributed by atoms with E-state index in [1.165, 1.54) is 12.3 Å². The van der Waals surface area contributed by atoms with Crippen LogP contribution >= 0.6 is 23.2 Å². The van der Waals surface area contributed by atoms with Gasteiger partial charge in [0, 0.05) is 18.9 Å². The molecule has 6 nitrogen and oxygen atoms in total. The highest BCUT2D eigenvalue weighted by atomic mass is 35.5. The lowest BCUT2D eigenvalue weighted by molar-refractivity contribution is 1.05. The highest BCUT2D eigenvalue weighted by molar-refractivity contribution is 6.33. The number of nitrogens with zero attached hydrogens (tertiary/aromatic N) is 3. The number of anilines is 2. The van der Waals surface area contributed by atoms with Gasteiger partial charge in [-0.05, 0) is 17.7 Å². The summed E-state index contributed by atoms with van der Waals surface area (Å²) < 4.78 is 0. The van der Waals surface area contributed by atoms with E-state index in [4.69, 9.17) is 45.7 Å². The molecule has 0 aliphatic heterocycles. The number of nitrogens with two attached hydrogens (primary N) is 3. The standard InChI is InChI=1S/C6H8ClN3.C6H4ClN3/c2*7-5-1-4(2-8)3-10-6(5)9/h1,3H,2,8H2,(H2,9,10);1,3H,(H2,9,10). The van der Waals surface area contributed by atoms with Crippen LogP contribution in [0.25, 0.3) is 0 Å². The summed E-state index contributed by atoms with van der Waals surface area (Å²) in [4.78, 5) is 7.49. The molecular formula is C12H12Cl2N6. The monoisotopic (exact) mass is 310 g/mol. The van der Waals surface area contributed by atoms with Crippen LogP contribution in [-0.2, 0) is 6.54 Å². The molecule has 0 fully saturated rings. The van der Waals surface area contributed by atoms with Gasteiger partial charge >= 0.3 is 0 Å². The molecule has 6 N–H and O–H groups in total. The van der Waals surface area contributed by atoms with Crippen LogP contribution in [-0.4, -0.2) is 9.97 Å². The zero-order valence-electron chi connectivity index (χ0n) is 10.3. The molecule has 0 saturated carbocycles. The molecule has 2 rings (SSSR count). The van der Waals surface area contributed by atoms with Crippen molar-refractivity contribution in [3.05, 3.63) is 45.7 Å². The number of rotatable bonds is 1. The van der Waals surface area contributed by atoms with E-state index in [0.717, 1.165) is 5.56 Å². The molecule has 0 unspecified atom stereocenters. The fourth-order valence-corrected chi connectivity index (χ4v) is 1.46.